The molecule has 0 aromatic rings. The third-order valence-electron chi connectivity index (χ3n) is 3.79. The van der Waals surface area contributed by atoms with Gasteiger partial charge in [0.15, 0.2) is 0 Å². The Labute approximate surface area is 120 Å². The summed E-state index contributed by atoms with van der Waals surface area (Å²) < 4.78 is 5.50. The normalized spacial score (nSPS) is 22.6. The number of allylic oxidation sites excluding steroid dienone is 3. The highest BCUT2D eigenvalue weighted by atomic mass is 16.6. The van der Waals surface area contributed by atoms with Gasteiger partial charge in [-0.05, 0) is 32.1 Å². The van der Waals surface area contributed by atoms with Crippen LogP contribution in [0.4, 0.5) is 0 Å². The van der Waals surface area contributed by atoms with Crippen molar-refractivity contribution in [3.8, 4) is 0 Å². The molecule has 1 nitrogen and oxygen atoms in total. The summed E-state index contributed by atoms with van der Waals surface area (Å²) in [7, 11) is 0. The van der Waals surface area contributed by atoms with Crippen molar-refractivity contribution in [2.45, 2.75) is 90.3 Å². The second kappa shape index (κ2) is 11.3. The molecule has 0 spiro atoms. The monoisotopic (exact) mass is 264 g/mol. The first kappa shape index (κ1) is 16.5. The first-order chi connectivity index (χ1) is 9.38. The predicted molar refractivity (Wildman–Crippen MR) is 84.5 cm³/mol. The average molecular weight is 264 g/mol. The lowest BCUT2D eigenvalue weighted by Gasteiger charge is -1.97. The van der Waals surface area contributed by atoms with Gasteiger partial charge in [0.05, 0.1) is 12.2 Å². The minimum atomic E-state index is 0.522. The van der Waals surface area contributed by atoms with Crippen LogP contribution in [0, 0.1) is 0 Å². The number of ether oxygens (including phenoxy) is 1. The van der Waals surface area contributed by atoms with E-state index in [-0.39, 0.29) is 0 Å². The Hall–Kier alpha value is -0.560. The van der Waals surface area contributed by atoms with E-state index < -0.39 is 0 Å². The Balaban J connectivity index is 1.81. The molecule has 0 unspecified atom stereocenters. The summed E-state index contributed by atoms with van der Waals surface area (Å²) in [6.07, 6.45) is 23.2. The molecule has 1 rings (SSSR count). The lowest BCUT2D eigenvalue weighted by atomic mass is 10.1. The lowest BCUT2D eigenvalue weighted by molar-refractivity contribution is 0.367. The third kappa shape index (κ3) is 9.04. The first-order valence-corrected chi connectivity index (χ1v) is 8.34. The SMILES string of the molecule is CCCCCCCC/C=C\C/C=C\C[C@H]1O[C@H]1CC. The van der Waals surface area contributed by atoms with E-state index in [4.69, 9.17) is 4.74 Å². The van der Waals surface area contributed by atoms with Crippen LogP contribution in [0.15, 0.2) is 24.3 Å². The Morgan fingerprint density at radius 3 is 2.26 bits per heavy atom. The van der Waals surface area contributed by atoms with Gasteiger partial charge < -0.3 is 4.74 Å². The zero-order valence-electron chi connectivity index (χ0n) is 12.9. The largest absolute Gasteiger partial charge is 0.369 e. The molecule has 0 amide bonds. The third-order valence-corrected chi connectivity index (χ3v) is 3.79. The second-order valence-electron chi connectivity index (χ2n) is 5.59. The Morgan fingerprint density at radius 2 is 1.53 bits per heavy atom. The molecule has 0 aliphatic carbocycles. The maximum atomic E-state index is 5.50. The van der Waals surface area contributed by atoms with Crippen LogP contribution in [0.2, 0.25) is 0 Å². The zero-order valence-corrected chi connectivity index (χ0v) is 12.9. The molecule has 0 N–H and O–H groups in total. The van der Waals surface area contributed by atoms with Crippen LogP contribution in [0.1, 0.15) is 78.1 Å². The molecule has 19 heavy (non-hydrogen) atoms. The Morgan fingerprint density at radius 1 is 0.789 bits per heavy atom. The highest BCUT2D eigenvalue weighted by molar-refractivity contribution is 4.97. The molecule has 1 saturated heterocycles. The van der Waals surface area contributed by atoms with E-state index in [1.54, 1.807) is 0 Å². The minimum Gasteiger partial charge on any atom is -0.369 e. The molecule has 1 fully saturated rings. The van der Waals surface area contributed by atoms with Gasteiger partial charge in [0.25, 0.3) is 0 Å². The predicted octanol–water partition coefficient (Wildman–Crippen LogP) is 5.81. The van der Waals surface area contributed by atoms with Crippen molar-refractivity contribution in [1.29, 1.82) is 0 Å². The highest BCUT2D eigenvalue weighted by Gasteiger charge is 2.35. The fourth-order valence-corrected chi connectivity index (χ4v) is 2.41. The van der Waals surface area contributed by atoms with Crippen molar-refractivity contribution in [3.05, 3.63) is 24.3 Å². The average Bonchev–Trinajstić information content (AvgIpc) is 3.19. The summed E-state index contributed by atoms with van der Waals surface area (Å²) in [6.45, 7) is 4.47. The molecule has 110 valence electrons. The summed E-state index contributed by atoms with van der Waals surface area (Å²) in [6, 6.07) is 0. The minimum absolute atomic E-state index is 0.522. The van der Waals surface area contributed by atoms with Crippen molar-refractivity contribution in [1.82, 2.24) is 0 Å². The van der Waals surface area contributed by atoms with Crippen molar-refractivity contribution >= 4 is 0 Å². The fourth-order valence-electron chi connectivity index (χ4n) is 2.41. The van der Waals surface area contributed by atoms with E-state index in [2.05, 4.69) is 38.2 Å². The highest BCUT2D eigenvalue weighted by Crippen LogP contribution is 2.28. The number of hydrogen-bond acceptors (Lipinski definition) is 1. The van der Waals surface area contributed by atoms with Gasteiger partial charge in [-0.1, -0.05) is 70.3 Å². The quantitative estimate of drug-likeness (QED) is 0.246. The van der Waals surface area contributed by atoms with E-state index >= 15 is 0 Å². The van der Waals surface area contributed by atoms with Crippen molar-refractivity contribution < 1.29 is 4.74 Å². The standard InChI is InChI=1S/C18H32O/c1-3-5-6-7-8-9-10-11-12-13-14-15-16-18-17(4-2)19-18/h11-12,14-15,17-18H,3-10,13,16H2,1-2H3/b12-11-,15-14-/t17-,18+/m0/s1. The maximum Gasteiger partial charge on any atom is 0.0876 e. The van der Waals surface area contributed by atoms with Crippen LogP contribution in [-0.2, 0) is 4.74 Å². The zero-order chi connectivity index (χ0) is 13.8. The van der Waals surface area contributed by atoms with Crippen molar-refractivity contribution in [2.24, 2.45) is 0 Å². The second-order valence-corrected chi connectivity index (χ2v) is 5.59. The van der Waals surface area contributed by atoms with E-state index in [0.29, 0.717) is 12.2 Å². The smallest absolute Gasteiger partial charge is 0.0876 e. The van der Waals surface area contributed by atoms with Gasteiger partial charge in [-0.15, -0.1) is 0 Å². The number of hydrogen-bond donors (Lipinski definition) is 0. The number of epoxide rings is 1. The molecule has 0 aromatic carbocycles. The topological polar surface area (TPSA) is 12.5 Å². The van der Waals surface area contributed by atoms with Crippen LogP contribution in [-0.4, -0.2) is 12.2 Å². The molecule has 0 saturated carbocycles. The van der Waals surface area contributed by atoms with Crippen molar-refractivity contribution in [3.63, 3.8) is 0 Å². The van der Waals surface area contributed by atoms with Gasteiger partial charge in [0, 0.05) is 0 Å². The van der Waals surface area contributed by atoms with Gasteiger partial charge >= 0.3 is 0 Å². The molecule has 1 heterocycles. The summed E-state index contributed by atoms with van der Waals surface area (Å²) in [4.78, 5) is 0. The van der Waals surface area contributed by atoms with Crippen LogP contribution in [0.5, 0.6) is 0 Å². The Kier molecular flexibility index (Phi) is 9.79. The molecule has 1 aliphatic heterocycles. The molecule has 0 bridgehead atoms. The van der Waals surface area contributed by atoms with Crippen LogP contribution >= 0.6 is 0 Å². The maximum absolute atomic E-state index is 5.50. The molecule has 0 aromatic heterocycles. The van der Waals surface area contributed by atoms with E-state index in [0.717, 1.165) is 19.3 Å². The number of rotatable bonds is 12. The van der Waals surface area contributed by atoms with E-state index in [1.165, 1.54) is 44.9 Å². The first-order valence-electron chi connectivity index (χ1n) is 8.34. The van der Waals surface area contributed by atoms with Crippen molar-refractivity contribution in [2.75, 3.05) is 0 Å². The van der Waals surface area contributed by atoms with Crippen LogP contribution in [0.25, 0.3) is 0 Å². The van der Waals surface area contributed by atoms with Gasteiger partial charge in [0.1, 0.15) is 0 Å². The van der Waals surface area contributed by atoms with Crippen LogP contribution < -0.4 is 0 Å². The van der Waals surface area contributed by atoms with Gasteiger partial charge in [-0.3, -0.25) is 0 Å². The van der Waals surface area contributed by atoms with Gasteiger partial charge in [0.2, 0.25) is 0 Å². The molecular weight excluding hydrogens is 232 g/mol. The van der Waals surface area contributed by atoms with E-state index in [1.807, 2.05) is 0 Å². The number of unbranched alkanes of at least 4 members (excludes halogenated alkanes) is 6. The Bertz CT molecular complexity index is 254. The molecule has 1 aliphatic rings. The summed E-state index contributed by atoms with van der Waals surface area (Å²) >= 11 is 0. The summed E-state index contributed by atoms with van der Waals surface area (Å²) in [5.74, 6) is 0. The summed E-state index contributed by atoms with van der Waals surface area (Å²) in [5, 5.41) is 0. The fraction of sp³-hybridized carbons (Fsp3) is 0.778. The molecular formula is C18H32O. The molecule has 1 heteroatoms. The summed E-state index contributed by atoms with van der Waals surface area (Å²) in [5.41, 5.74) is 0. The van der Waals surface area contributed by atoms with Gasteiger partial charge in [-0.25, -0.2) is 0 Å². The molecule has 2 atom stereocenters. The van der Waals surface area contributed by atoms with Gasteiger partial charge in [-0.2, -0.15) is 0 Å². The van der Waals surface area contributed by atoms with Crippen LogP contribution in [0.3, 0.4) is 0 Å². The lowest BCUT2D eigenvalue weighted by Crippen LogP contribution is -1.88. The molecule has 0 radical (unpaired) electrons. The van der Waals surface area contributed by atoms with E-state index in [9.17, 15) is 0 Å².